The zero-order chi connectivity index (χ0) is 11.2. The molecule has 0 saturated heterocycles. The van der Waals surface area contributed by atoms with Gasteiger partial charge in [0.2, 0.25) is 0 Å². The van der Waals surface area contributed by atoms with Gasteiger partial charge in [0, 0.05) is 18.5 Å². The van der Waals surface area contributed by atoms with E-state index in [9.17, 15) is 4.79 Å². The van der Waals surface area contributed by atoms with Crippen LogP contribution in [0.15, 0.2) is 23.1 Å². The van der Waals surface area contributed by atoms with Crippen LogP contribution in [0.4, 0.5) is 0 Å². The van der Waals surface area contributed by atoms with E-state index in [1.54, 1.807) is 23.9 Å². The second-order valence-corrected chi connectivity index (χ2v) is 4.74. The van der Waals surface area contributed by atoms with Gasteiger partial charge < -0.3 is 0 Å². The van der Waals surface area contributed by atoms with Crippen LogP contribution in [-0.2, 0) is 12.6 Å². The zero-order valence-corrected chi connectivity index (χ0v) is 9.48. The molecule has 2 rings (SSSR count). The van der Waals surface area contributed by atoms with E-state index in [1.165, 1.54) is 0 Å². The molecule has 0 aliphatic rings. The highest BCUT2D eigenvalue weighted by atomic mass is 16.1. The third-order valence-corrected chi connectivity index (χ3v) is 2.46. The molecule has 0 atom stereocenters. The highest BCUT2D eigenvalue weighted by molar-refractivity contribution is 5.74. The third-order valence-electron chi connectivity index (χ3n) is 2.46. The molecule has 2 heterocycles. The average molecular weight is 205 g/mol. The van der Waals surface area contributed by atoms with Gasteiger partial charge in [0.1, 0.15) is 5.65 Å². The molecular formula is C11H15N3O. The topological polar surface area (TPSA) is 39.8 Å². The van der Waals surface area contributed by atoms with E-state index in [2.05, 4.69) is 25.9 Å². The molecule has 0 unspecified atom stereocenters. The van der Waals surface area contributed by atoms with Crippen LogP contribution in [0.2, 0.25) is 0 Å². The first-order valence-corrected chi connectivity index (χ1v) is 4.95. The number of pyridine rings is 1. The molecule has 0 radical (unpaired) electrons. The van der Waals surface area contributed by atoms with Crippen molar-refractivity contribution < 1.29 is 0 Å². The van der Waals surface area contributed by atoms with Crippen LogP contribution in [0.25, 0.3) is 11.0 Å². The average Bonchev–Trinajstić information content (AvgIpc) is 2.54. The van der Waals surface area contributed by atoms with Crippen molar-refractivity contribution >= 4 is 11.0 Å². The molecule has 4 nitrogen and oxygen atoms in total. The van der Waals surface area contributed by atoms with Gasteiger partial charge in [0.05, 0.1) is 11.7 Å². The molecule has 0 fully saturated rings. The van der Waals surface area contributed by atoms with Gasteiger partial charge in [0.15, 0.2) is 0 Å². The fraction of sp³-hybridized carbons (Fsp3) is 0.455. The largest absolute Gasteiger partial charge is 0.296 e. The summed E-state index contributed by atoms with van der Waals surface area (Å²) in [6.07, 6.45) is 1.79. The molecule has 2 aromatic rings. The lowest BCUT2D eigenvalue weighted by atomic mass is 10.1. The van der Waals surface area contributed by atoms with Gasteiger partial charge in [-0.2, -0.15) is 5.10 Å². The van der Waals surface area contributed by atoms with Crippen molar-refractivity contribution in [3.63, 3.8) is 0 Å². The summed E-state index contributed by atoms with van der Waals surface area (Å²) in [5, 5.41) is 5.32. The summed E-state index contributed by atoms with van der Waals surface area (Å²) in [6.45, 7) is 6.20. The van der Waals surface area contributed by atoms with Crippen LogP contribution < -0.4 is 5.56 Å². The SMILES string of the molecule is Cn1c(=O)ccc2cnn(C(C)(C)C)c21. The first kappa shape index (κ1) is 9.96. The fourth-order valence-corrected chi connectivity index (χ4v) is 1.68. The van der Waals surface area contributed by atoms with Gasteiger partial charge in [-0.3, -0.25) is 9.36 Å². The van der Waals surface area contributed by atoms with Crippen LogP contribution in [0.3, 0.4) is 0 Å². The number of nitrogens with zero attached hydrogens (tertiary/aromatic N) is 3. The minimum Gasteiger partial charge on any atom is -0.296 e. The molecule has 4 heteroatoms. The van der Waals surface area contributed by atoms with Crippen molar-refractivity contribution in [3.05, 3.63) is 28.7 Å². The highest BCUT2D eigenvalue weighted by Crippen LogP contribution is 2.19. The minimum atomic E-state index is -0.118. The molecule has 2 aromatic heterocycles. The molecule has 15 heavy (non-hydrogen) atoms. The molecular weight excluding hydrogens is 190 g/mol. The number of aryl methyl sites for hydroxylation is 1. The van der Waals surface area contributed by atoms with Crippen LogP contribution in [0.5, 0.6) is 0 Å². The summed E-state index contributed by atoms with van der Waals surface area (Å²) in [7, 11) is 1.77. The molecule has 0 aromatic carbocycles. The number of aromatic nitrogens is 3. The summed E-state index contributed by atoms with van der Waals surface area (Å²) >= 11 is 0. The second-order valence-electron chi connectivity index (χ2n) is 4.74. The lowest BCUT2D eigenvalue weighted by Crippen LogP contribution is -2.27. The van der Waals surface area contributed by atoms with Crippen LogP contribution in [-0.4, -0.2) is 14.3 Å². The van der Waals surface area contributed by atoms with E-state index in [0.717, 1.165) is 11.0 Å². The summed E-state index contributed by atoms with van der Waals surface area (Å²) in [5.41, 5.74) is 0.747. The Balaban J connectivity index is 2.90. The summed E-state index contributed by atoms with van der Waals surface area (Å²) in [4.78, 5) is 11.5. The second kappa shape index (κ2) is 2.95. The van der Waals surface area contributed by atoms with E-state index in [4.69, 9.17) is 0 Å². The van der Waals surface area contributed by atoms with Crippen molar-refractivity contribution in [2.24, 2.45) is 7.05 Å². The van der Waals surface area contributed by atoms with E-state index < -0.39 is 0 Å². The number of rotatable bonds is 0. The Bertz CT molecular complexity index is 557. The molecule has 0 N–H and O–H groups in total. The predicted octanol–water partition coefficient (Wildman–Crippen LogP) is 1.49. The number of hydrogen-bond acceptors (Lipinski definition) is 2. The maximum Gasteiger partial charge on any atom is 0.251 e. The maximum atomic E-state index is 11.5. The summed E-state index contributed by atoms with van der Waals surface area (Å²) in [5.74, 6) is 0. The Kier molecular flexibility index (Phi) is 1.96. The van der Waals surface area contributed by atoms with Crippen molar-refractivity contribution in [2.75, 3.05) is 0 Å². The predicted molar refractivity (Wildman–Crippen MR) is 60.0 cm³/mol. The monoisotopic (exact) mass is 205 g/mol. The van der Waals surface area contributed by atoms with Crippen LogP contribution in [0.1, 0.15) is 20.8 Å². The Morgan fingerprint density at radius 2 is 1.93 bits per heavy atom. The Hall–Kier alpha value is -1.58. The first-order chi connectivity index (χ1) is 6.91. The molecule has 0 saturated carbocycles. The molecule has 0 bridgehead atoms. The van der Waals surface area contributed by atoms with E-state index in [0.29, 0.717) is 0 Å². The maximum absolute atomic E-state index is 11.5. The molecule has 0 amide bonds. The zero-order valence-electron chi connectivity index (χ0n) is 9.48. The van der Waals surface area contributed by atoms with Crippen molar-refractivity contribution in [1.29, 1.82) is 0 Å². The lowest BCUT2D eigenvalue weighted by molar-refractivity contribution is 0.363. The van der Waals surface area contributed by atoms with Crippen molar-refractivity contribution in [1.82, 2.24) is 14.3 Å². The van der Waals surface area contributed by atoms with Crippen molar-refractivity contribution in [2.45, 2.75) is 26.3 Å². The van der Waals surface area contributed by atoms with Crippen LogP contribution in [0, 0.1) is 0 Å². The molecule has 80 valence electrons. The first-order valence-electron chi connectivity index (χ1n) is 4.95. The van der Waals surface area contributed by atoms with Gasteiger partial charge in [-0.1, -0.05) is 0 Å². The quantitative estimate of drug-likeness (QED) is 0.653. The third kappa shape index (κ3) is 1.46. The fourth-order valence-electron chi connectivity index (χ4n) is 1.68. The van der Waals surface area contributed by atoms with Gasteiger partial charge in [0.25, 0.3) is 5.56 Å². The normalized spacial score (nSPS) is 12.3. The van der Waals surface area contributed by atoms with E-state index >= 15 is 0 Å². The summed E-state index contributed by atoms with van der Waals surface area (Å²) in [6, 6.07) is 3.38. The smallest absolute Gasteiger partial charge is 0.251 e. The summed E-state index contributed by atoms with van der Waals surface area (Å²) < 4.78 is 3.51. The van der Waals surface area contributed by atoms with Crippen LogP contribution >= 0.6 is 0 Å². The van der Waals surface area contributed by atoms with Gasteiger partial charge >= 0.3 is 0 Å². The molecule has 0 spiro atoms. The lowest BCUT2D eigenvalue weighted by Gasteiger charge is -2.21. The molecule has 0 aliphatic carbocycles. The Morgan fingerprint density at radius 3 is 2.53 bits per heavy atom. The Morgan fingerprint density at radius 1 is 1.27 bits per heavy atom. The van der Waals surface area contributed by atoms with E-state index in [1.807, 2.05) is 10.7 Å². The van der Waals surface area contributed by atoms with Crippen molar-refractivity contribution in [3.8, 4) is 0 Å². The highest BCUT2D eigenvalue weighted by Gasteiger charge is 2.18. The number of hydrogen-bond donors (Lipinski definition) is 0. The van der Waals surface area contributed by atoms with E-state index in [-0.39, 0.29) is 11.1 Å². The van der Waals surface area contributed by atoms with Gasteiger partial charge in [-0.05, 0) is 26.8 Å². The van der Waals surface area contributed by atoms with Gasteiger partial charge in [-0.15, -0.1) is 0 Å². The molecule has 0 aliphatic heterocycles. The standard InChI is InChI=1S/C11H15N3O/c1-11(2,3)14-10-8(7-12-14)5-6-9(15)13(10)4/h5-7H,1-4H3. The Labute approximate surface area is 88.1 Å². The van der Waals surface area contributed by atoms with Gasteiger partial charge in [-0.25, -0.2) is 4.68 Å². The number of fused-ring (bicyclic) bond motifs is 1. The minimum absolute atomic E-state index is 0.00602.